The molecule has 5 heteroatoms. The number of carbonyl (C=O) groups is 1. The SMILES string of the molecule is CC(C)N1CCN(c2cccc(NC(=O)C3CC4CCCC(C3)C4N)c2)CC1. The van der Waals surface area contributed by atoms with E-state index in [1.54, 1.807) is 0 Å². The Morgan fingerprint density at radius 1 is 1.11 bits per heavy atom. The molecule has 3 fully saturated rings. The van der Waals surface area contributed by atoms with Crippen molar-refractivity contribution < 1.29 is 4.79 Å². The molecule has 5 nitrogen and oxygen atoms in total. The fourth-order valence-electron chi connectivity index (χ4n) is 5.52. The predicted octanol–water partition coefficient (Wildman–Crippen LogP) is 3.31. The number of nitrogens with two attached hydrogens (primary N) is 1. The first-order valence-electron chi connectivity index (χ1n) is 11.2. The summed E-state index contributed by atoms with van der Waals surface area (Å²) in [6.07, 6.45) is 5.59. The van der Waals surface area contributed by atoms with Crippen molar-refractivity contribution in [3.05, 3.63) is 24.3 Å². The number of fused-ring (bicyclic) bond motifs is 2. The number of amides is 1. The molecule has 28 heavy (non-hydrogen) atoms. The van der Waals surface area contributed by atoms with E-state index in [4.69, 9.17) is 5.73 Å². The number of carbonyl (C=O) groups excluding carboxylic acids is 1. The molecule has 1 heterocycles. The lowest BCUT2D eigenvalue weighted by atomic mass is 9.65. The quantitative estimate of drug-likeness (QED) is 0.836. The molecule has 0 radical (unpaired) electrons. The van der Waals surface area contributed by atoms with Crippen molar-refractivity contribution in [2.24, 2.45) is 23.5 Å². The zero-order chi connectivity index (χ0) is 19.7. The number of nitrogens with zero attached hydrogens (tertiary/aromatic N) is 2. The number of hydrogen-bond acceptors (Lipinski definition) is 4. The van der Waals surface area contributed by atoms with Crippen LogP contribution < -0.4 is 16.0 Å². The molecule has 3 aliphatic rings. The van der Waals surface area contributed by atoms with E-state index in [0.717, 1.165) is 44.7 Å². The third-order valence-electron chi connectivity index (χ3n) is 7.31. The van der Waals surface area contributed by atoms with Crippen LogP contribution in [0.25, 0.3) is 0 Å². The molecule has 0 aromatic heterocycles. The minimum Gasteiger partial charge on any atom is -0.369 e. The normalized spacial score (nSPS) is 31.1. The third kappa shape index (κ3) is 4.20. The number of hydrogen-bond donors (Lipinski definition) is 2. The van der Waals surface area contributed by atoms with Gasteiger partial charge in [0.1, 0.15) is 0 Å². The molecule has 1 amide bonds. The fraction of sp³-hybridized carbons (Fsp3) is 0.696. The first-order chi connectivity index (χ1) is 13.5. The zero-order valence-electron chi connectivity index (χ0n) is 17.4. The van der Waals surface area contributed by atoms with Gasteiger partial charge < -0.3 is 16.0 Å². The third-order valence-corrected chi connectivity index (χ3v) is 7.31. The summed E-state index contributed by atoms with van der Waals surface area (Å²) < 4.78 is 0. The van der Waals surface area contributed by atoms with E-state index < -0.39 is 0 Å². The average Bonchev–Trinajstić information content (AvgIpc) is 2.68. The highest BCUT2D eigenvalue weighted by Gasteiger charge is 2.40. The van der Waals surface area contributed by atoms with Gasteiger partial charge in [-0.3, -0.25) is 9.69 Å². The molecule has 154 valence electrons. The van der Waals surface area contributed by atoms with Crippen molar-refractivity contribution >= 4 is 17.3 Å². The van der Waals surface area contributed by atoms with E-state index >= 15 is 0 Å². The molecule has 1 saturated heterocycles. The second-order valence-electron chi connectivity index (χ2n) is 9.35. The Kier molecular flexibility index (Phi) is 5.93. The maximum absolute atomic E-state index is 12.9. The van der Waals surface area contributed by atoms with Gasteiger partial charge in [-0.15, -0.1) is 0 Å². The van der Waals surface area contributed by atoms with E-state index in [9.17, 15) is 4.79 Å². The Labute approximate surface area is 169 Å². The lowest BCUT2D eigenvalue weighted by molar-refractivity contribution is -0.122. The number of anilines is 2. The summed E-state index contributed by atoms with van der Waals surface area (Å²) in [6.45, 7) is 8.80. The summed E-state index contributed by atoms with van der Waals surface area (Å²) >= 11 is 0. The van der Waals surface area contributed by atoms with Gasteiger partial charge in [0.15, 0.2) is 0 Å². The molecule has 2 saturated carbocycles. The summed E-state index contributed by atoms with van der Waals surface area (Å²) in [5, 5.41) is 3.21. The highest BCUT2D eigenvalue weighted by molar-refractivity contribution is 5.93. The molecular weight excluding hydrogens is 348 g/mol. The minimum atomic E-state index is 0.119. The van der Waals surface area contributed by atoms with Gasteiger partial charge in [-0.05, 0) is 69.6 Å². The van der Waals surface area contributed by atoms with Gasteiger partial charge in [0.2, 0.25) is 5.91 Å². The zero-order valence-corrected chi connectivity index (χ0v) is 17.4. The van der Waals surface area contributed by atoms with Crippen LogP contribution >= 0.6 is 0 Å². The average molecular weight is 385 g/mol. The van der Waals surface area contributed by atoms with Crippen molar-refractivity contribution in [3.8, 4) is 0 Å². The molecule has 1 aliphatic heterocycles. The van der Waals surface area contributed by atoms with Crippen LogP contribution in [0, 0.1) is 17.8 Å². The largest absolute Gasteiger partial charge is 0.369 e. The fourth-order valence-corrected chi connectivity index (χ4v) is 5.52. The van der Waals surface area contributed by atoms with Crippen LogP contribution in [0.1, 0.15) is 46.0 Å². The van der Waals surface area contributed by atoms with Crippen LogP contribution in [0.4, 0.5) is 11.4 Å². The first kappa shape index (κ1) is 19.7. The van der Waals surface area contributed by atoms with Crippen LogP contribution in [0.5, 0.6) is 0 Å². The second-order valence-corrected chi connectivity index (χ2v) is 9.35. The van der Waals surface area contributed by atoms with Crippen molar-refractivity contribution in [2.75, 3.05) is 36.4 Å². The number of benzene rings is 1. The Bertz CT molecular complexity index is 669. The van der Waals surface area contributed by atoms with Crippen molar-refractivity contribution in [3.63, 3.8) is 0 Å². The topological polar surface area (TPSA) is 61.6 Å². The van der Waals surface area contributed by atoms with E-state index in [2.05, 4.69) is 47.2 Å². The maximum Gasteiger partial charge on any atom is 0.227 e. The van der Waals surface area contributed by atoms with Gasteiger partial charge in [0.05, 0.1) is 0 Å². The molecule has 2 unspecified atom stereocenters. The molecule has 4 rings (SSSR count). The van der Waals surface area contributed by atoms with Crippen LogP contribution in [0.3, 0.4) is 0 Å². The second kappa shape index (κ2) is 8.42. The molecule has 2 bridgehead atoms. The van der Waals surface area contributed by atoms with Crippen molar-refractivity contribution in [1.29, 1.82) is 0 Å². The monoisotopic (exact) mass is 384 g/mol. The summed E-state index contributed by atoms with van der Waals surface area (Å²) in [6, 6.07) is 9.29. The van der Waals surface area contributed by atoms with Gasteiger partial charge in [0.25, 0.3) is 0 Å². The molecule has 1 aromatic rings. The summed E-state index contributed by atoms with van der Waals surface area (Å²) in [5.74, 6) is 1.37. The molecule has 1 aromatic carbocycles. The van der Waals surface area contributed by atoms with E-state index in [-0.39, 0.29) is 11.8 Å². The molecule has 2 atom stereocenters. The lowest BCUT2D eigenvalue weighted by Gasteiger charge is -2.43. The Morgan fingerprint density at radius 2 is 1.79 bits per heavy atom. The Morgan fingerprint density at radius 3 is 2.43 bits per heavy atom. The Hall–Kier alpha value is -1.59. The Balaban J connectivity index is 1.37. The lowest BCUT2D eigenvalue weighted by Crippen LogP contribution is -2.49. The van der Waals surface area contributed by atoms with Crippen molar-refractivity contribution in [1.82, 2.24) is 4.90 Å². The number of piperazine rings is 1. The van der Waals surface area contributed by atoms with Crippen molar-refractivity contribution in [2.45, 2.75) is 58.0 Å². The minimum absolute atomic E-state index is 0.119. The predicted molar refractivity (Wildman–Crippen MR) is 116 cm³/mol. The van der Waals surface area contributed by atoms with Crippen LogP contribution in [-0.2, 0) is 4.79 Å². The standard InChI is InChI=1S/C23H36N4O/c1-16(2)26-9-11-27(12-10-26)21-8-4-7-20(15-21)25-23(28)19-13-17-5-3-6-18(14-19)22(17)24/h4,7-8,15-19,22H,3,5-6,9-14,24H2,1-2H3,(H,25,28). The highest BCUT2D eigenvalue weighted by Crippen LogP contribution is 2.42. The van der Waals surface area contributed by atoms with Gasteiger partial charge in [0, 0.05) is 55.6 Å². The summed E-state index contributed by atoms with van der Waals surface area (Å²) in [5.41, 5.74) is 8.53. The first-order valence-corrected chi connectivity index (χ1v) is 11.2. The smallest absolute Gasteiger partial charge is 0.227 e. The summed E-state index contributed by atoms with van der Waals surface area (Å²) in [4.78, 5) is 17.9. The van der Waals surface area contributed by atoms with Crippen LogP contribution in [0.15, 0.2) is 24.3 Å². The van der Waals surface area contributed by atoms with E-state index in [1.165, 1.54) is 24.9 Å². The van der Waals surface area contributed by atoms with E-state index in [0.29, 0.717) is 23.9 Å². The van der Waals surface area contributed by atoms with Gasteiger partial charge >= 0.3 is 0 Å². The molecular formula is C23H36N4O. The molecule has 0 spiro atoms. The van der Waals surface area contributed by atoms with Gasteiger partial charge in [-0.1, -0.05) is 12.5 Å². The van der Waals surface area contributed by atoms with E-state index in [1.807, 2.05) is 6.07 Å². The molecule has 3 N–H and O–H groups in total. The number of nitrogens with one attached hydrogen (secondary N) is 1. The summed E-state index contributed by atoms with van der Waals surface area (Å²) in [7, 11) is 0. The van der Waals surface area contributed by atoms with Crippen LogP contribution in [-0.4, -0.2) is 49.1 Å². The number of rotatable bonds is 4. The van der Waals surface area contributed by atoms with Crippen LogP contribution in [0.2, 0.25) is 0 Å². The van der Waals surface area contributed by atoms with Gasteiger partial charge in [-0.25, -0.2) is 0 Å². The maximum atomic E-state index is 12.9. The highest BCUT2D eigenvalue weighted by atomic mass is 16.1. The molecule has 2 aliphatic carbocycles. The van der Waals surface area contributed by atoms with Gasteiger partial charge in [-0.2, -0.15) is 0 Å².